The van der Waals surface area contributed by atoms with Crippen molar-refractivity contribution in [2.75, 3.05) is 57.1 Å². The predicted molar refractivity (Wildman–Crippen MR) is 176 cm³/mol. The fraction of sp³-hybridized carbons (Fsp3) is 0.400. The molecule has 3 heterocycles. The molecule has 2 aromatic heterocycles. The van der Waals surface area contributed by atoms with E-state index in [4.69, 9.17) is 19.3 Å². The van der Waals surface area contributed by atoms with Gasteiger partial charge < -0.3 is 35.2 Å². The van der Waals surface area contributed by atoms with Gasteiger partial charge in [0.05, 0.1) is 32.3 Å². The van der Waals surface area contributed by atoms with E-state index >= 15 is 0 Å². The highest BCUT2D eigenvalue weighted by atomic mass is 32.1. The van der Waals surface area contributed by atoms with Crippen molar-refractivity contribution in [1.29, 1.82) is 0 Å². The van der Waals surface area contributed by atoms with Gasteiger partial charge in [0, 0.05) is 53.9 Å². The zero-order valence-electron chi connectivity index (χ0n) is 25.7. The molecule has 1 saturated heterocycles. The van der Waals surface area contributed by atoms with Crippen molar-refractivity contribution in [1.82, 2.24) is 25.2 Å². The van der Waals surface area contributed by atoms with E-state index in [9.17, 15) is 13.8 Å². The topological polar surface area (TPSA) is 180 Å². The van der Waals surface area contributed by atoms with E-state index in [1.54, 1.807) is 19.4 Å². The van der Waals surface area contributed by atoms with Gasteiger partial charge in [-0.05, 0) is 50.1 Å². The van der Waals surface area contributed by atoms with Crippen molar-refractivity contribution in [3.05, 3.63) is 59.6 Å². The highest BCUT2D eigenvalue weighted by Crippen LogP contribution is 2.36. The van der Waals surface area contributed by atoms with Gasteiger partial charge in [-0.3, -0.25) is 14.2 Å². The lowest BCUT2D eigenvalue weighted by molar-refractivity contribution is -0.115. The molecule has 14 nitrogen and oxygen atoms in total. The molecule has 5 rings (SSSR count). The minimum Gasteiger partial charge on any atom is -0.493 e. The number of rotatable bonds is 17. The first-order valence-corrected chi connectivity index (χ1v) is 17.4. The number of ether oxygens (including phenoxy) is 2. The van der Waals surface area contributed by atoms with Crippen molar-refractivity contribution < 1.29 is 37.5 Å². The van der Waals surface area contributed by atoms with Crippen LogP contribution in [0.3, 0.4) is 0 Å². The van der Waals surface area contributed by atoms with Gasteiger partial charge in [0.15, 0.2) is 16.6 Å². The molecular weight excluding hydrogens is 652 g/mol. The number of phosphoric ester groups is 1. The number of nitrogens with one attached hydrogen (secondary N) is 3. The fourth-order valence-corrected chi connectivity index (χ4v) is 6.43. The lowest BCUT2D eigenvalue weighted by Gasteiger charge is -2.25. The van der Waals surface area contributed by atoms with Crippen LogP contribution < -0.4 is 25.4 Å². The van der Waals surface area contributed by atoms with Crippen LogP contribution in [0.1, 0.15) is 24.1 Å². The molecule has 2 aromatic carbocycles. The number of fused-ring (bicyclic) bond motifs is 1. The first-order chi connectivity index (χ1) is 22.7. The predicted octanol–water partition coefficient (Wildman–Crippen LogP) is 4.09. The number of hydrogen-bond acceptors (Lipinski definition) is 12. The van der Waals surface area contributed by atoms with Gasteiger partial charge in [-0.25, -0.2) is 23.9 Å². The summed E-state index contributed by atoms with van der Waals surface area (Å²) in [6, 6.07) is 9.69. The second-order valence-electron chi connectivity index (χ2n) is 10.8. The molecule has 0 saturated carbocycles. The summed E-state index contributed by atoms with van der Waals surface area (Å²) < 4.78 is 40.5. The van der Waals surface area contributed by atoms with E-state index in [0.717, 1.165) is 37.2 Å². The van der Waals surface area contributed by atoms with E-state index in [1.165, 1.54) is 35.9 Å². The molecule has 0 bridgehead atoms. The maximum absolute atomic E-state index is 13.4. The van der Waals surface area contributed by atoms with E-state index in [1.807, 2.05) is 12.1 Å². The molecular formula is C30H37FN7O7PS. The molecule has 1 unspecified atom stereocenters. The zero-order valence-corrected chi connectivity index (χ0v) is 27.4. The third-order valence-electron chi connectivity index (χ3n) is 7.41. The normalized spacial score (nSPS) is 15.2. The smallest absolute Gasteiger partial charge is 0.469 e. The van der Waals surface area contributed by atoms with Crippen molar-refractivity contribution in [2.45, 2.75) is 31.7 Å². The van der Waals surface area contributed by atoms with Crippen LogP contribution in [0.4, 0.5) is 21.0 Å². The Labute approximate surface area is 274 Å². The number of carbonyl (C=O) groups excluding carboxylic acids is 1. The quantitative estimate of drug-likeness (QED) is 0.0791. The van der Waals surface area contributed by atoms with Gasteiger partial charge in [0.25, 0.3) is 0 Å². The number of phosphoric acid groups is 1. The summed E-state index contributed by atoms with van der Waals surface area (Å²) in [5, 5.41) is 10.4. The number of benzene rings is 2. The van der Waals surface area contributed by atoms with Crippen LogP contribution in [-0.2, 0) is 20.3 Å². The van der Waals surface area contributed by atoms with Crippen molar-refractivity contribution >= 4 is 52.6 Å². The Bertz CT molecular complexity index is 1710. The summed E-state index contributed by atoms with van der Waals surface area (Å²) in [5.74, 6) is 0.912. The third-order valence-corrected chi connectivity index (χ3v) is 8.84. The van der Waals surface area contributed by atoms with E-state index in [0.29, 0.717) is 64.8 Å². The maximum atomic E-state index is 13.4. The molecule has 0 aliphatic carbocycles. The second kappa shape index (κ2) is 16.4. The summed E-state index contributed by atoms with van der Waals surface area (Å²) in [5.41, 5.74) is 1.04. The summed E-state index contributed by atoms with van der Waals surface area (Å²) in [7, 11) is -2.87. The summed E-state index contributed by atoms with van der Waals surface area (Å²) in [6.07, 6.45) is 6.08. The molecule has 252 valence electrons. The standard InChI is InChI=1S/C30H37FN7O7PS/c1-43-26-15-24-25(16-27(26)44-11-4-10-38-9-3-7-22(38)17-32-8-12-45-46(40,41)42)34-19-35-29(24)37-30-33-18-23(47-30)14-28(39)36-21-6-2-5-20(31)13-21/h2,5-6,13,15-16,18-19,22,32H,3-4,7-12,14,17H2,1H3,(H,36,39)(H2,40,41,42)(H,33,34,35,37). The third kappa shape index (κ3) is 10.4. The average Bonchev–Trinajstić information content (AvgIpc) is 3.67. The average molecular weight is 690 g/mol. The minimum atomic E-state index is -4.44. The Balaban J connectivity index is 1.13. The van der Waals surface area contributed by atoms with Gasteiger partial charge in [0.2, 0.25) is 5.91 Å². The first kappa shape index (κ1) is 34.6. The fourth-order valence-electron chi connectivity index (χ4n) is 5.29. The van der Waals surface area contributed by atoms with Crippen molar-refractivity contribution in [3.8, 4) is 11.5 Å². The van der Waals surface area contributed by atoms with Gasteiger partial charge >= 0.3 is 7.82 Å². The Morgan fingerprint density at radius 3 is 2.85 bits per heavy atom. The molecule has 1 aliphatic rings. The number of methoxy groups -OCH3 is 1. The maximum Gasteiger partial charge on any atom is 0.469 e. The number of nitrogens with zero attached hydrogens (tertiary/aromatic N) is 4. The van der Waals surface area contributed by atoms with Crippen LogP contribution in [0, 0.1) is 5.82 Å². The summed E-state index contributed by atoms with van der Waals surface area (Å²) >= 11 is 1.31. The van der Waals surface area contributed by atoms with E-state index in [2.05, 4.69) is 40.3 Å². The lowest BCUT2D eigenvalue weighted by atomic mass is 10.2. The number of carbonyl (C=O) groups is 1. The van der Waals surface area contributed by atoms with Crippen molar-refractivity contribution in [3.63, 3.8) is 0 Å². The number of aromatic nitrogens is 3. The van der Waals surface area contributed by atoms with Crippen molar-refractivity contribution in [2.24, 2.45) is 0 Å². The summed E-state index contributed by atoms with van der Waals surface area (Å²) in [4.78, 5) is 46.3. The zero-order chi connectivity index (χ0) is 33.2. The SMILES string of the molecule is COc1cc2c(Nc3ncc(CC(=O)Nc4cccc(F)c4)s3)ncnc2cc1OCCCN1CCCC1CNCCOP(=O)(O)O. The molecule has 0 spiro atoms. The summed E-state index contributed by atoms with van der Waals surface area (Å²) in [6.45, 7) is 3.34. The van der Waals surface area contributed by atoms with Crippen LogP contribution in [0.15, 0.2) is 48.9 Å². The Hall–Kier alpha value is -3.76. The van der Waals surface area contributed by atoms with E-state index < -0.39 is 13.6 Å². The second-order valence-corrected chi connectivity index (χ2v) is 13.2. The highest BCUT2D eigenvalue weighted by Gasteiger charge is 2.24. The van der Waals surface area contributed by atoms with E-state index in [-0.39, 0.29) is 18.9 Å². The first-order valence-electron chi connectivity index (χ1n) is 15.0. The molecule has 1 amide bonds. The Morgan fingerprint density at radius 1 is 1.17 bits per heavy atom. The monoisotopic (exact) mass is 689 g/mol. The number of thiazole rings is 1. The molecule has 47 heavy (non-hydrogen) atoms. The van der Waals surface area contributed by atoms with Gasteiger partial charge in [-0.1, -0.05) is 6.07 Å². The van der Waals surface area contributed by atoms with Crippen LogP contribution in [0.2, 0.25) is 0 Å². The van der Waals surface area contributed by atoms with Gasteiger partial charge in [0.1, 0.15) is 18.0 Å². The van der Waals surface area contributed by atoms with Crippen LogP contribution in [-0.4, -0.2) is 88.1 Å². The van der Waals surface area contributed by atoms with Crippen LogP contribution >= 0.6 is 19.2 Å². The molecule has 1 fully saturated rings. The molecule has 1 aliphatic heterocycles. The largest absolute Gasteiger partial charge is 0.493 e. The number of halogens is 1. The minimum absolute atomic E-state index is 0.0484. The molecule has 17 heteroatoms. The Morgan fingerprint density at radius 2 is 2.04 bits per heavy atom. The molecule has 1 atom stereocenters. The molecule has 5 N–H and O–H groups in total. The molecule has 4 aromatic rings. The number of anilines is 3. The highest BCUT2D eigenvalue weighted by molar-refractivity contribution is 7.46. The number of amides is 1. The number of hydrogen-bond donors (Lipinski definition) is 5. The van der Waals surface area contributed by atoms with Gasteiger partial charge in [-0.15, -0.1) is 11.3 Å². The number of likely N-dealkylation sites (tertiary alicyclic amines) is 1. The van der Waals surface area contributed by atoms with Crippen LogP contribution in [0.5, 0.6) is 11.5 Å². The molecule has 0 radical (unpaired) electrons. The van der Waals surface area contributed by atoms with Gasteiger partial charge in [-0.2, -0.15) is 0 Å². The lowest BCUT2D eigenvalue weighted by Crippen LogP contribution is -2.39. The van der Waals surface area contributed by atoms with Crippen LogP contribution in [0.25, 0.3) is 10.9 Å². The Kier molecular flexibility index (Phi) is 12.0.